The molecule has 0 saturated heterocycles. The topological polar surface area (TPSA) is 77.1 Å². The lowest BCUT2D eigenvalue weighted by Gasteiger charge is -2.06. The Labute approximate surface area is 183 Å². The summed E-state index contributed by atoms with van der Waals surface area (Å²) in [6.45, 7) is 6.93. The monoisotopic (exact) mass is 430 g/mol. The average Bonchev–Trinajstić information content (AvgIpc) is 3.31. The standard InChI is InChI=1S/C23H22N6OS/c1-4-28-19-8-6-5-7-17(19)18-12-16(9-10-20(18)28)25-21(30)13-31-23-26-22-24-14(2)11-15(3)29(22)27-23/h5-12H,4,13H2,1-3H3,(H,25,30). The van der Waals surface area contributed by atoms with Crippen LogP contribution in [0, 0.1) is 13.8 Å². The summed E-state index contributed by atoms with van der Waals surface area (Å²) >= 11 is 1.30. The molecule has 0 aliphatic rings. The number of hydrogen-bond donors (Lipinski definition) is 1. The van der Waals surface area contributed by atoms with Crippen molar-refractivity contribution in [1.29, 1.82) is 0 Å². The van der Waals surface area contributed by atoms with Crippen molar-refractivity contribution in [3.63, 3.8) is 0 Å². The molecule has 0 atom stereocenters. The number of carbonyl (C=O) groups is 1. The smallest absolute Gasteiger partial charge is 0.253 e. The Morgan fingerprint density at radius 1 is 1.03 bits per heavy atom. The van der Waals surface area contributed by atoms with Crippen LogP contribution in [0.1, 0.15) is 18.3 Å². The second-order valence-corrected chi connectivity index (χ2v) is 8.42. The molecule has 3 heterocycles. The minimum Gasteiger partial charge on any atom is -0.341 e. The van der Waals surface area contributed by atoms with E-state index < -0.39 is 0 Å². The first kappa shape index (κ1) is 19.6. The van der Waals surface area contributed by atoms with E-state index >= 15 is 0 Å². The number of nitrogens with one attached hydrogen (secondary N) is 1. The van der Waals surface area contributed by atoms with Gasteiger partial charge in [-0.05, 0) is 51.1 Å². The van der Waals surface area contributed by atoms with Crippen LogP contribution < -0.4 is 5.32 Å². The Balaban J connectivity index is 1.34. The molecule has 31 heavy (non-hydrogen) atoms. The number of amides is 1. The fourth-order valence-electron chi connectivity index (χ4n) is 4.01. The molecule has 5 rings (SSSR count). The predicted molar refractivity (Wildman–Crippen MR) is 125 cm³/mol. The highest BCUT2D eigenvalue weighted by Gasteiger charge is 2.13. The van der Waals surface area contributed by atoms with Crippen LogP contribution in [0.3, 0.4) is 0 Å². The van der Waals surface area contributed by atoms with Gasteiger partial charge in [0.2, 0.25) is 11.1 Å². The van der Waals surface area contributed by atoms with E-state index in [1.807, 2.05) is 38.1 Å². The molecule has 0 aliphatic heterocycles. The number of benzene rings is 2. The van der Waals surface area contributed by atoms with E-state index in [2.05, 4.69) is 56.1 Å². The van der Waals surface area contributed by atoms with Crippen LogP contribution >= 0.6 is 11.8 Å². The van der Waals surface area contributed by atoms with Gasteiger partial charge in [-0.25, -0.2) is 9.50 Å². The van der Waals surface area contributed by atoms with Gasteiger partial charge in [0.25, 0.3) is 5.78 Å². The highest BCUT2D eigenvalue weighted by atomic mass is 32.2. The van der Waals surface area contributed by atoms with E-state index in [9.17, 15) is 4.79 Å². The van der Waals surface area contributed by atoms with Crippen molar-refractivity contribution in [2.75, 3.05) is 11.1 Å². The number of nitrogens with zero attached hydrogens (tertiary/aromatic N) is 5. The van der Waals surface area contributed by atoms with Crippen molar-refractivity contribution in [3.8, 4) is 0 Å². The summed E-state index contributed by atoms with van der Waals surface area (Å²) in [4.78, 5) is 21.4. The van der Waals surface area contributed by atoms with Gasteiger partial charge < -0.3 is 9.88 Å². The summed E-state index contributed by atoms with van der Waals surface area (Å²) in [5, 5.41) is 10.3. The molecular weight excluding hydrogens is 408 g/mol. The summed E-state index contributed by atoms with van der Waals surface area (Å²) in [5.74, 6) is 0.686. The minimum atomic E-state index is -0.0942. The number of para-hydroxylation sites is 1. The number of aryl methyl sites for hydroxylation is 3. The normalized spacial score (nSPS) is 11.6. The van der Waals surface area contributed by atoms with Gasteiger partial charge in [-0.3, -0.25) is 4.79 Å². The van der Waals surface area contributed by atoms with Gasteiger partial charge in [0.05, 0.1) is 5.75 Å². The summed E-state index contributed by atoms with van der Waals surface area (Å²) in [6.07, 6.45) is 0. The second kappa shape index (κ2) is 7.70. The fraction of sp³-hybridized carbons (Fsp3) is 0.217. The summed E-state index contributed by atoms with van der Waals surface area (Å²) in [5.41, 5.74) is 5.02. The third kappa shape index (κ3) is 3.53. The quantitative estimate of drug-likeness (QED) is 0.412. The maximum Gasteiger partial charge on any atom is 0.253 e. The van der Waals surface area contributed by atoms with Crippen LogP contribution in [0.25, 0.3) is 27.6 Å². The highest BCUT2D eigenvalue weighted by Crippen LogP contribution is 2.31. The van der Waals surface area contributed by atoms with Crippen molar-refractivity contribution in [1.82, 2.24) is 24.1 Å². The van der Waals surface area contributed by atoms with Crippen LogP contribution in [0.4, 0.5) is 5.69 Å². The van der Waals surface area contributed by atoms with Crippen LogP contribution in [0.2, 0.25) is 0 Å². The van der Waals surface area contributed by atoms with E-state index in [0.29, 0.717) is 10.9 Å². The van der Waals surface area contributed by atoms with Crippen molar-refractivity contribution < 1.29 is 4.79 Å². The maximum atomic E-state index is 12.6. The van der Waals surface area contributed by atoms with Crippen LogP contribution in [-0.2, 0) is 11.3 Å². The Morgan fingerprint density at radius 2 is 1.84 bits per heavy atom. The zero-order valence-corrected chi connectivity index (χ0v) is 18.4. The van der Waals surface area contributed by atoms with E-state index in [1.165, 1.54) is 28.2 Å². The molecule has 0 fully saturated rings. The van der Waals surface area contributed by atoms with Crippen molar-refractivity contribution >= 4 is 50.9 Å². The third-order valence-electron chi connectivity index (χ3n) is 5.30. The van der Waals surface area contributed by atoms with E-state index in [4.69, 9.17) is 0 Å². The zero-order chi connectivity index (χ0) is 21.5. The Hall–Kier alpha value is -3.39. The molecule has 0 saturated carbocycles. The largest absolute Gasteiger partial charge is 0.341 e. The lowest BCUT2D eigenvalue weighted by molar-refractivity contribution is -0.113. The molecule has 8 heteroatoms. The molecule has 5 aromatic rings. The predicted octanol–water partition coefficient (Wildman–Crippen LogP) is 4.60. The van der Waals surface area contributed by atoms with E-state index in [-0.39, 0.29) is 11.7 Å². The molecule has 2 aromatic carbocycles. The molecule has 0 aliphatic carbocycles. The number of aromatic nitrogens is 5. The fourth-order valence-corrected chi connectivity index (χ4v) is 4.63. The zero-order valence-electron chi connectivity index (χ0n) is 17.6. The van der Waals surface area contributed by atoms with Gasteiger partial charge in [-0.1, -0.05) is 30.0 Å². The van der Waals surface area contributed by atoms with Gasteiger partial charge >= 0.3 is 0 Å². The van der Waals surface area contributed by atoms with Gasteiger partial charge in [0, 0.05) is 45.4 Å². The molecule has 0 radical (unpaired) electrons. The number of anilines is 1. The number of hydrogen-bond acceptors (Lipinski definition) is 5. The maximum absolute atomic E-state index is 12.6. The van der Waals surface area contributed by atoms with Gasteiger partial charge in [0.1, 0.15) is 0 Å². The van der Waals surface area contributed by atoms with Crippen molar-refractivity contribution in [2.45, 2.75) is 32.5 Å². The van der Waals surface area contributed by atoms with Crippen LogP contribution in [0.5, 0.6) is 0 Å². The van der Waals surface area contributed by atoms with E-state index in [0.717, 1.165) is 29.0 Å². The Morgan fingerprint density at radius 3 is 2.68 bits per heavy atom. The summed E-state index contributed by atoms with van der Waals surface area (Å²) in [7, 11) is 0. The number of carbonyl (C=O) groups excluding carboxylic acids is 1. The summed E-state index contributed by atoms with van der Waals surface area (Å²) < 4.78 is 3.99. The third-order valence-corrected chi connectivity index (χ3v) is 6.14. The lowest BCUT2D eigenvalue weighted by atomic mass is 10.1. The molecule has 0 unspecified atom stereocenters. The minimum absolute atomic E-state index is 0.0942. The molecule has 7 nitrogen and oxygen atoms in total. The first-order valence-electron chi connectivity index (χ1n) is 10.2. The molecule has 1 N–H and O–H groups in total. The Kier molecular flexibility index (Phi) is 4.86. The molecular formula is C23H22N6OS. The molecule has 156 valence electrons. The molecule has 0 bridgehead atoms. The highest BCUT2D eigenvalue weighted by molar-refractivity contribution is 7.99. The van der Waals surface area contributed by atoms with Gasteiger partial charge in [-0.15, -0.1) is 5.10 Å². The number of fused-ring (bicyclic) bond motifs is 4. The number of thioether (sulfide) groups is 1. The van der Waals surface area contributed by atoms with Crippen molar-refractivity contribution in [2.24, 2.45) is 0 Å². The molecule has 1 amide bonds. The Bertz CT molecular complexity index is 1450. The first-order valence-corrected chi connectivity index (χ1v) is 11.2. The second-order valence-electron chi connectivity index (χ2n) is 7.48. The van der Waals surface area contributed by atoms with Crippen molar-refractivity contribution in [3.05, 3.63) is 59.9 Å². The van der Waals surface area contributed by atoms with Gasteiger partial charge in [0.15, 0.2) is 0 Å². The molecule has 3 aromatic heterocycles. The SMILES string of the molecule is CCn1c2ccccc2c2cc(NC(=O)CSc3nc4nc(C)cc(C)n4n3)ccc21. The summed E-state index contributed by atoms with van der Waals surface area (Å²) in [6, 6.07) is 16.4. The van der Waals surface area contributed by atoms with Crippen LogP contribution in [-0.4, -0.2) is 35.8 Å². The van der Waals surface area contributed by atoms with Crippen LogP contribution in [0.15, 0.2) is 53.7 Å². The lowest BCUT2D eigenvalue weighted by Crippen LogP contribution is -2.14. The number of rotatable bonds is 5. The molecule has 0 spiro atoms. The van der Waals surface area contributed by atoms with E-state index in [1.54, 1.807) is 4.52 Å². The average molecular weight is 431 g/mol. The first-order chi connectivity index (χ1) is 15.0. The van der Waals surface area contributed by atoms with Gasteiger partial charge in [-0.2, -0.15) is 4.98 Å².